The van der Waals surface area contributed by atoms with Gasteiger partial charge in [0.1, 0.15) is 0 Å². The number of hydrogen-bond acceptors (Lipinski definition) is 0. The maximum absolute atomic E-state index is 4.05. The predicted molar refractivity (Wildman–Crippen MR) is 57.3 cm³/mol. The Labute approximate surface area is 77.4 Å². The van der Waals surface area contributed by atoms with Gasteiger partial charge in [-0.15, -0.1) is 0 Å². The Bertz CT molecular complexity index is 142. The van der Waals surface area contributed by atoms with Gasteiger partial charge in [-0.3, -0.25) is 0 Å². The molecule has 0 unspecified atom stereocenters. The number of allylic oxidation sites excluding steroid dienone is 2. The van der Waals surface area contributed by atoms with E-state index in [9.17, 15) is 0 Å². The van der Waals surface area contributed by atoms with Gasteiger partial charge in [0.25, 0.3) is 0 Å². The highest BCUT2D eigenvalue weighted by Gasteiger charge is 1.96. The van der Waals surface area contributed by atoms with Crippen molar-refractivity contribution < 1.29 is 0 Å². The van der Waals surface area contributed by atoms with Crippen LogP contribution < -0.4 is 0 Å². The summed E-state index contributed by atoms with van der Waals surface area (Å²) in [4.78, 5) is 0. The topological polar surface area (TPSA) is 0 Å². The Morgan fingerprint density at radius 3 is 2.17 bits per heavy atom. The average molecular weight is 166 g/mol. The molecule has 0 fully saturated rings. The molecule has 0 aromatic heterocycles. The van der Waals surface area contributed by atoms with Gasteiger partial charge in [-0.05, 0) is 25.7 Å². The van der Waals surface area contributed by atoms with Crippen molar-refractivity contribution in [1.29, 1.82) is 0 Å². The van der Waals surface area contributed by atoms with Crippen molar-refractivity contribution in [2.24, 2.45) is 0 Å². The van der Waals surface area contributed by atoms with E-state index in [-0.39, 0.29) is 0 Å². The molecule has 0 aliphatic heterocycles. The highest BCUT2D eigenvalue weighted by atomic mass is 14.0. The van der Waals surface area contributed by atoms with Crippen molar-refractivity contribution in [2.75, 3.05) is 0 Å². The fourth-order valence-electron chi connectivity index (χ4n) is 1.19. The Hall–Kier alpha value is -0.520. The number of unbranched alkanes of at least 4 members (excludes halogenated alkanes) is 2. The number of rotatable bonds is 7. The quantitative estimate of drug-likeness (QED) is 0.386. The van der Waals surface area contributed by atoms with E-state index < -0.39 is 0 Å². The van der Waals surface area contributed by atoms with Crippen molar-refractivity contribution in [1.82, 2.24) is 0 Å². The molecule has 0 bridgehead atoms. The minimum absolute atomic E-state index is 1.04. The van der Waals surface area contributed by atoms with E-state index in [0.717, 1.165) is 12.8 Å². The zero-order chi connectivity index (χ0) is 9.40. The van der Waals surface area contributed by atoms with Crippen molar-refractivity contribution >= 4 is 0 Å². The van der Waals surface area contributed by atoms with E-state index >= 15 is 0 Å². The third-order valence-corrected chi connectivity index (χ3v) is 2.13. The van der Waals surface area contributed by atoms with E-state index in [0.29, 0.717) is 0 Å². The van der Waals surface area contributed by atoms with Crippen molar-refractivity contribution in [2.45, 2.75) is 52.4 Å². The summed E-state index contributed by atoms with van der Waals surface area (Å²) in [5.74, 6) is 0. The summed E-state index contributed by atoms with van der Waals surface area (Å²) < 4.78 is 0. The van der Waals surface area contributed by atoms with Gasteiger partial charge in [0.2, 0.25) is 0 Å². The van der Waals surface area contributed by atoms with Crippen molar-refractivity contribution in [3.63, 3.8) is 0 Å². The lowest BCUT2D eigenvalue weighted by molar-refractivity contribution is 0.704. The van der Waals surface area contributed by atoms with Crippen LogP contribution in [0.15, 0.2) is 24.3 Å². The standard InChI is InChI=1S/C12H22/c1-5-7-8-9-12(4)10-11(3)6-2/h3-10H2,1-2H3. The van der Waals surface area contributed by atoms with Gasteiger partial charge in [-0.2, -0.15) is 0 Å². The largest absolute Gasteiger partial charge is 0.0995 e. The Morgan fingerprint density at radius 2 is 1.67 bits per heavy atom. The van der Waals surface area contributed by atoms with Crippen LogP contribution in [0.4, 0.5) is 0 Å². The summed E-state index contributed by atoms with van der Waals surface area (Å²) in [6.07, 6.45) is 7.24. The molecule has 70 valence electrons. The molecule has 0 spiro atoms. The molecule has 0 heteroatoms. The lowest BCUT2D eigenvalue weighted by atomic mass is 10.0. The summed E-state index contributed by atoms with van der Waals surface area (Å²) in [7, 11) is 0. The van der Waals surface area contributed by atoms with E-state index in [2.05, 4.69) is 27.0 Å². The van der Waals surface area contributed by atoms with Crippen LogP contribution in [-0.4, -0.2) is 0 Å². The van der Waals surface area contributed by atoms with E-state index in [1.807, 2.05) is 0 Å². The molecule has 0 saturated carbocycles. The van der Waals surface area contributed by atoms with Crippen LogP contribution >= 0.6 is 0 Å². The third-order valence-electron chi connectivity index (χ3n) is 2.13. The zero-order valence-corrected chi connectivity index (χ0v) is 8.66. The molecule has 0 atom stereocenters. The number of hydrogen-bond donors (Lipinski definition) is 0. The van der Waals surface area contributed by atoms with Gasteiger partial charge in [-0.1, -0.05) is 51.0 Å². The molecule has 12 heavy (non-hydrogen) atoms. The Balaban J connectivity index is 3.40. The molecule has 0 radical (unpaired) electrons. The van der Waals surface area contributed by atoms with Crippen LogP contribution in [-0.2, 0) is 0 Å². The lowest BCUT2D eigenvalue weighted by Crippen LogP contribution is -1.85. The average Bonchev–Trinajstić information content (AvgIpc) is 2.05. The van der Waals surface area contributed by atoms with Crippen molar-refractivity contribution in [3.05, 3.63) is 24.3 Å². The maximum Gasteiger partial charge on any atom is -0.0114 e. The minimum atomic E-state index is 1.04. The summed E-state index contributed by atoms with van der Waals surface area (Å²) >= 11 is 0. The van der Waals surface area contributed by atoms with Crippen LogP contribution in [0.25, 0.3) is 0 Å². The molecule has 0 rings (SSSR count). The SMILES string of the molecule is C=C(CC)CC(=C)CCCCC. The highest BCUT2D eigenvalue weighted by Crippen LogP contribution is 2.16. The van der Waals surface area contributed by atoms with Gasteiger partial charge in [-0.25, -0.2) is 0 Å². The molecule has 0 amide bonds. The first-order chi connectivity index (χ1) is 5.70. The van der Waals surface area contributed by atoms with E-state index in [1.165, 1.54) is 36.8 Å². The molecular formula is C12H22. The molecule has 0 aliphatic rings. The normalized spacial score (nSPS) is 9.83. The van der Waals surface area contributed by atoms with Gasteiger partial charge in [0.05, 0.1) is 0 Å². The van der Waals surface area contributed by atoms with Crippen LogP contribution in [0.3, 0.4) is 0 Å². The van der Waals surface area contributed by atoms with Gasteiger partial charge in [0.15, 0.2) is 0 Å². The van der Waals surface area contributed by atoms with E-state index in [4.69, 9.17) is 0 Å². The second kappa shape index (κ2) is 7.15. The van der Waals surface area contributed by atoms with Gasteiger partial charge in [0, 0.05) is 0 Å². The molecular weight excluding hydrogens is 144 g/mol. The van der Waals surface area contributed by atoms with Gasteiger partial charge >= 0.3 is 0 Å². The third kappa shape index (κ3) is 6.21. The van der Waals surface area contributed by atoms with Crippen LogP contribution in [0.1, 0.15) is 52.4 Å². The van der Waals surface area contributed by atoms with Crippen LogP contribution in [0.5, 0.6) is 0 Å². The fourth-order valence-corrected chi connectivity index (χ4v) is 1.19. The Morgan fingerprint density at radius 1 is 1.00 bits per heavy atom. The second-order valence-electron chi connectivity index (χ2n) is 3.49. The summed E-state index contributed by atoms with van der Waals surface area (Å²) in [6, 6.07) is 0. The van der Waals surface area contributed by atoms with Crippen LogP contribution in [0.2, 0.25) is 0 Å². The fraction of sp³-hybridized carbons (Fsp3) is 0.667. The highest BCUT2D eigenvalue weighted by molar-refractivity contribution is 5.08. The molecule has 0 aromatic rings. The van der Waals surface area contributed by atoms with E-state index in [1.54, 1.807) is 0 Å². The predicted octanol–water partition coefficient (Wildman–Crippen LogP) is 4.48. The molecule has 0 aliphatic carbocycles. The first-order valence-electron chi connectivity index (χ1n) is 5.04. The smallest absolute Gasteiger partial charge is 0.0114 e. The first-order valence-corrected chi connectivity index (χ1v) is 5.04. The Kier molecular flexibility index (Phi) is 6.84. The molecule has 0 heterocycles. The second-order valence-corrected chi connectivity index (χ2v) is 3.49. The lowest BCUT2D eigenvalue weighted by Gasteiger charge is -2.05. The van der Waals surface area contributed by atoms with Crippen molar-refractivity contribution in [3.8, 4) is 0 Å². The molecule has 0 nitrogen and oxygen atoms in total. The maximum atomic E-state index is 4.05. The zero-order valence-electron chi connectivity index (χ0n) is 8.66. The summed E-state index contributed by atoms with van der Waals surface area (Å²) in [5, 5.41) is 0. The van der Waals surface area contributed by atoms with Gasteiger partial charge < -0.3 is 0 Å². The summed E-state index contributed by atoms with van der Waals surface area (Å²) in [5.41, 5.74) is 2.67. The molecule has 0 aromatic carbocycles. The minimum Gasteiger partial charge on any atom is -0.0995 e. The first kappa shape index (κ1) is 11.5. The van der Waals surface area contributed by atoms with Crippen LogP contribution in [0, 0.1) is 0 Å². The monoisotopic (exact) mass is 166 g/mol. The summed E-state index contributed by atoms with van der Waals surface area (Å²) in [6.45, 7) is 12.4. The molecule has 0 N–H and O–H groups in total. The molecule has 0 saturated heterocycles.